The van der Waals surface area contributed by atoms with Gasteiger partial charge in [0.05, 0.1) is 0 Å². The van der Waals surface area contributed by atoms with E-state index in [0.29, 0.717) is 43.4 Å². The number of pyridine rings is 1. The molecule has 1 aromatic carbocycles. The van der Waals surface area contributed by atoms with Gasteiger partial charge in [0.2, 0.25) is 0 Å². The van der Waals surface area contributed by atoms with Crippen LogP contribution in [0.3, 0.4) is 0 Å². The van der Waals surface area contributed by atoms with Crippen molar-refractivity contribution in [1.29, 1.82) is 0 Å². The molecule has 0 saturated heterocycles. The molecule has 2 unspecified atom stereocenters. The van der Waals surface area contributed by atoms with Crippen LogP contribution in [0.2, 0.25) is 0 Å². The Bertz CT molecular complexity index is 1530. The molecule has 0 radical (unpaired) electrons. The van der Waals surface area contributed by atoms with Crippen molar-refractivity contribution in [1.82, 2.24) is 9.88 Å². The number of carbonyl (C=O) groups is 2. The van der Waals surface area contributed by atoms with E-state index >= 15 is 8.78 Å². The molecule has 0 spiro atoms. The number of halogens is 5. The molecule has 5 nitrogen and oxygen atoms in total. The smallest absolute Gasteiger partial charge is 0.383 e. The monoisotopic (exact) mass is 614 g/mol. The number of benzene rings is 1. The van der Waals surface area contributed by atoms with Gasteiger partial charge in [-0.3, -0.25) is 14.6 Å². The zero-order valence-corrected chi connectivity index (χ0v) is 24.6. The first-order chi connectivity index (χ1) is 20.7. The molecule has 2 saturated carbocycles. The van der Waals surface area contributed by atoms with Gasteiger partial charge >= 0.3 is 12.1 Å². The van der Waals surface area contributed by atoms with Crippen LogP contribution in [0.15, 0.2) is 71.6 Å². The van der Waals surface area contributed by atoms with Crippen LogP contribution in [0.25, 0.3) is 0 Å². The van der Waals surface area contributed by atoms with Crippen molar-refractivity contribution < 1.29 is 36.6 Å². The van der Waals surface area contributed by atoms with Gasteiger partial charge in [-0.2, -0.15) is 22.0 Å². The minimum absolute atomic E-state index is 0.0262. The number of allylic oxidation sites excluding steroid dienone is 4. The molecule has 2 fully saturated rings. The van der Waals surface area contributed by atoms with Gasteiger partial charge in [-0.25, -0.2) is 0 Å². The van der Waals surface area contributed by atoms with Gasteiger partial charge in [-0.05, 0) is 96.9 Å². The van der Waals surface area contributed by atoms with E-state index in [2.05, 4.69) is 4.98 Å². The van der Waals surface area contributed by atoms with E-state index in [4.69, 9.17) is 0 Å². The summed E-state index contributed by atoms with van der Waals surface area (Å²) < 4.78 is 71.8. The summed E-state index contributed by atoms with van der Waals surface area (Å²) >= 11 is 0. The van der Waals surface area contributed by atoms with Crippen LogP contribution in [-0.2, 0) is 11.3 Å². The number of aliphatic hydroxyl groups is 1. The second-order valence-corrected chi connectivity index (χ2v) is 13.1. The molecule has 4 aliphatic rings. The number of fused-ring (bicyclic) bond motifs is 4. The predicted molar refractivity (Wildman–Crippen MR) is 153 cm³/mol. The molecule has 0 bridgehead atoms. The number of hydrogen-bond acceptors (Lipinski definition) is 4. The lowest BCUT2D eigenvalue weighted by Gasteiger charge is -2.56. The molecule has 6 rings (SSSR count). The maximum absolute atomic E-state index is 15.2. The van der Waals surface area contributed by atoms with E-state index in [0.717, 1.165) is 22.3 Å². The van der Waals surface area contributed by atoms with Crippen LogP contribution in [-0.4, -0.2) is 51.4 Å². The summed E-state index contributed by atoms with van der Waals surface area (Å²) in [5, 5.41) is 11.4. The van der Waals surface area contributed by atoms with Crippen molar-refractivity contribution in [2.45, 2.75) is 82.0 Å². The highest BCUT2D eigenvalue weighted by molar-refractivity contribution is 5.94. The van der Waals surface area contributed by atoms with Crippen LogP contribution in [0, 0.1) is 17.3 Å². The standard InChI is InChI=1S/C34H35F5N2O3/c1-31-17-27(21-5-7-22(8-6-21)30(43)41(2)19-20-4-3-15-40-18-20)29-25-12-10-24(42)16-23(25)9-11-26(29)28(31)13-14-32(31,44)33(35,36)34(37,38)39/h3-8,15-16,18,26-28,44H,9-14,17,19H2,1-2H3/t26?,27-,28+,31?,32+/m1/s1. The first kappa shape index (κ1) is 30.6. The molecule has 234 valence electrons. The summed E-state index contributed by atoms with van der Waals surface area (Å²) in [6.45, 7) is 1.74. The molecule has 4 aliphatic carbocycles. The quantitative estimate of drug-likeness (QED) is 0.362. The third-order valence-corrected chi connectivity index (χ3v) is 10.8. The summed E-state index contributed by atoms with van der Waals surface area (Å²) in [7, 11) is 1.67. The van der Waals surface area contributed by atoms with E-state index in [9.17, 15) is 27.9 Å². The number of aromatic nitrogens is 1. The average molecular weight is 615 g/mol. The number of alkyl halides is 5. The highest BCUT2D eigenvalue weighted by atomic mass is 19.4. The fraction of sp³-hybridized carbons (Fsp3) is 0.500. The molecule has 2 aromatic rings. The lowest BCUT2D eigenvalue weighted by Crippen LogP contribution is -2.65. The number of hydrogen-bond donors (Lipinski definition) is 1. The SMILES string of the molecule is CN(Cc1cccnc1)C(=O)c1ccc([C@H]2CC3(C)[C@@H](CC[C@@]3(O)C(F)(F)C(F)(F)F)C3CCC4=CC(=O)CCC4=C32)cc1. The van der Waals surface area contributed by atoms with Crippen molar-refractivity contribution in [3.05, 3.63) is 88.3 Å². The van der Waals surface area contributed by atoms with Gasteiger partial charge in [0.1, 0.15) is 5.60 Å². The number of amides is 1. The van der Waals surface area contributed by atoms with E-state index in [-0.39, 0.29) is 30.4 Å². The highest BCUT2D eigenvalue weighted by Gasteiger charge is 2.79. The van der Waals surface area contributed by atoms with E-state index in [1.54, 1.807) is 60.7 Å². The van der Waals surface area contributed by atoms with Crippen LogP contribution < -0.4 is 0 Å². The molecule has 1 heterocycles. The first-order valence-electron chi connectivity index (χ1n) is 15.1. The normalized spacial score (nSPS) is 30.3. The maximum atomic E-state index is 15.2. The molecule has 5 atom stereocenters. The van der Waals surface area contributed by atoms with Gasteiger partial charge in [0.15, 0.2) is 5.78 Å². The summed E-state index contributed by atoms with van der Waals surface area (Å²) in [6, 6.07) is 10.4. The molecule has 1 aromatic heterocycles. The zero-order chi connectivity index (χ0) is 31.7. The Morgan fingerprint density at radius 3 is 2.45 bits per heavy atom. The second kappa shape index (κ2) is 10.6. The van der Waals surface area contributed by atoms with Gasteiger partial charge in [-0.1, -0.05) is 30.7 Å². The lowest BCUT2D eigenvalue weighted by molar-refractivity contribution is -0.362. The van der Waals surface area contributed by atoms with Crippen LogP contribution in [0.4, 0.5) is 22.0 Å². The molecular formula is C34H35F5N2O3. The van der Waals surface area contributed by atoms with Gasteiger partial charge in [-0.15, -0.1) is 0 Å². The Labute approximate surface area is 252 Å². The molecule has 0 aliphatic heterocycles. The summed E-state index contributed by atoms with van der Waals surface area (Å²) in [4.78, 5) is 31.1. The Morgan fingerprint density at radius 2 is 1.80 bits per heavy atom. The van der Waals surface area contributed by atoms with Crippen molar-refractivity contribution in [2.24, 2.45) is 17.3 Å². The van der Waals surface area contributed by atoms with E-state index in [1.807, 2.05) is 6.07 Å². The van der Waals surface area contributed by atoms with E-state index < -0.39 is 41.4 Å². The molecule has 44 heavy (non-hydrogen) atoms. The number of rotatable bonds is 5. The van der Waals surface area contributed by atoms with E-state index in [1.165, 1.54) is 6.92 Å². The number of ketones is 1. The van der Waals surface area contributed by atoms with Crippen molar-refractivity contribution in [3.8, 4) is 0 Å². The number of nitrogens with zero attached hydrogens (tertiary/aromatic N) is 2. The molecule has 1 N–H and O–H groups in total. The van der Waals surface area contributed by atoms with Gasteiger partial charge < -0.3 is 10.0 Å². The molecular weight excluding hydrogens is 579 g/mol. The Balaban J connectivity index is 1.40. The maximum Gasteiger partial charge on any atom is 0.456 e. The van der Waals surface area contributed by atoms with Crippen molar-refractivity contribution >= 4 is 11.7 Å². The van der Waals surface area contributed by atoms with Crippen LogP contribution in [0.5, 0.6) is 0 Å². The summed E-state index contributed by atoms with van der Waals surface area (Å²) in [5.74, 6) is -6.92. The van der Waals surface area contributed by atoms with Crippen molar-refractivity contribution in [2.75, 3.05) is 7.05 Å². The summed E-state index contributed by atoms with van der Waals surface area (Å²) in [6.07, 6.45) is 0.234. The third kappa shape index (κ3) is 4.63. The Kier molecular flexibility index (Phi) is 7.38. The minimum Gasteiger partial charge on any atom is -0.383 e. The zero-order valence-electron chi connectivity index (χ0n) is 24.6. The second-order valence-electron chi connectivity index (χ2n) is 13.1. The summed E-state index contributed by atoms with van der Waals surface area (Å²) in [5.41, 5.74) is -0.132. The third-order valence-electron chi connectivity index (χ3n) is 10.8. The van der Waals surface area contributed by atoms with Gasteiger partial charge in [0.25, 0.3) is 5.91 Å². The molecule has 10 heteroatoms. The largest absolute Gasteiger partial charge is 0.456 e. The van der Waals surface area contributed by atoms with Crippen LogP contribution in [0.1, 0.15) is 79.3 Å². The van der Waals surface area contributed by atoms with Gasteiger partial charge in [0, 0.05) is 49.3 Å². The topological polar surface area (TPSA) is 70.5 Å². The highest BCUT2D eigenvalue weighted by Crippen LogP contribution is 2.70. The number of carbonyl (C=O) groups excluding carboxylic acids is 2. The molecule has 1 amide bonds. The lowest BCUT2D eigenvalue weighted by atomic mass is 9.50. The van der Waals surface area contributed by atoms with Crippen molar-refractivity contribution in [3.63, 3.8) is 0 Å². The van der Waals surface area contributed by atoms with Crippen LogP contribution >= 0.6 is 0 Å². The Hall–Kier alpha value is -3.40. The fourth-order valence-electron chi connectivity index (χ4n) is 8.63. The minimum atomic E-state index is -5.90. The fourth-order valence-corrected chi connectivity index (χ4v) is 8.63. The Morgan fingerprint density at radius 1 is 1.07 bits per heavy atom. The first-order valence-corrected chi connectivity index (χ1v) is 15.1. The average Bonchev–Trinajstić information content (AvgIpc) is 3.27. The predicted octanol–water partition coefficient (Wildman–Crippen LogP) is 7.18.